The molecule has 2 atom stereocenters. The van der Waals surface area contributed by atoms with Crippen LogP contribution in [-0.4, -0.2) is 14.5 Å². The molecule has 2 aliphatic rings. The van der Waals surface area contributed by atoms with Crippen molar-refractivity contribution in [2.24, 2.45) is 5.92 Å². The summed E-state index contributed by atoms with van der Waals surface area (Å²) in [4.78, 5) is 0. The highest BCUT2D eigenvalue weighted by Gasteiger charge is 2.36. The zero-order chi connectivity index (χ0) is 15.2. The fourth-order valence-electron chi connectivity index (χ4n) is 3.52. The Hall–Kier alpha value is -1.43. The van der Waals surface area contributed by atoms with Crippen LogP contribution >= 0.6 is 11.3 Å². The average Bonchev–Trinajstić information content (AvgIpc) is 3.09. The summed E-state index contributed by atoms with van der Waals surface area (Å²) in [6.07, 6.45) is 5.16. The van der Waals surface area contributed by atoms with E-state index in [1.807, 2.05) is 6.07 Å². The van der Waals surface area contributed by atoms with Crippen LogP contribution in [0.1, 0.15) is 24.0 Å². The van der Waals surface area contributed by atoms with E-state index in [1.165, 1.54) is 28.0 Å². The zero-order valence-corrected chi connectivity index (χ0v) is 13.7. The number of hydrogen-bond donors (Lipinski definition) is 1. The third-order valence-corrected chi connectivity index (χ3v) is 7.43. The first-order valence-corrected chi connectivity index (χ1v) is 9.84. The van der Waals surface area contributed by atoms with Crippen LogP contribution in [0, 0.1) is 5.92 Å². The van der Waals surface area contributed by atoms with Crippen LogP contribution in [0.3, 0.4) is 0 Å². The molecule has 0 amide bonds. The van der Waals surface area contributed by atoms with E-state index in [1.54, 1.807) is 17.5 Å². The molecule has 3 nitrogen and oxygen atoms in total. The minimum Gasteiger partial charge on any atom is -0.206 e. The van der Waals surface area contributed by atoms with Crippen LogP contribution in [0.5, 0.6) is 0 Å². The van der Waals surface area contributed by atoms with E-state index in [-0.39, 0.29) is 6.04 Å². The number of fused-ring (bicyclic) bond motifs is 3. The van der Waals surface area contributed by atoms with Gasteiger partial charge >= 0.3 is 0 Å². The van der Waals surface area contributed by atoms with Crippen LogP contribution in [0.15, 0.2) is 51.6 Å². The maximum absolute atomic E-state index is 12.5. The summed E-state index contributed by atoms with van der Waals surface area (Å²) in [7, 11) is -3.42. The third kappa shape index (κ3) is 2.43. The van der Waals surface area contributed by atoms with Gasteiger partial charge in [0.25, 0.3) is 10.0 Å². The first kappa shape index (κ1) is 14.2. The highest BCUT2D eigenvalue weighted by molar-refractivity contribution is 7.91. The summed E-state index contributed by atoms with van der Waals surface area (Å²) in [5, 5.41) is 1.80. The first-order chi connectivity index (χ1) is 10.6. The fraction of sp³-hybridized carbons (Fsp3) is 0.294. The van der Waals surface area contributed by atoms with Crippen LogP contribution in [-0.2, 0) is 16.4 Å². The number of sulfonamides is 1. The predicted octanol–water partition coefficient (Wildman–Crippen LogP) is 3.44. The molecule has 2 aromatic rings. The molecular formula is C17H17NO2S2. The highest BCUT2D eigenvalue weighted by Crippen LogP contribution is 2.39. The molecule has 0 radical (unpaired) electrons. The molecule has 5 heteroatoms. The molecule has 1 heterocycles. The van der Waals surface area contributed by atoms with Crippen molar-refractivity contribution in [3.05, 3.63) is 58.5 Å². The lowest BCUT2D eigenvalue weighted by molar-refractivity contribution is 0.466. The number of benzene rings is 1. The van der Waals surface area contributed by atoms with Gasteiger partial charge in [0.05, 0.1) is 0 Å². The van der Waals surface area contributed by atoms with E-state index in [4.69, 9.17) is 0 Å². The molecule has 1 saturated carbocycles. The highest BCUT2D eigenvalue weighted by atomic mass is 32.2. The van der Waals surface area contributed by atoms with Gasteiger partial charge < -0.3 is 0 Å². The molecule has 22 heavy (non-hydrogen) atoms. The maximum Gasteiger partial charge on any atom is 0.250 e. The van der Waals surface area contributed by atoms with Crippen molar-refractivity contribution < 1.29 is 8.42 Å². The standard InChI is InChI=1S/C17H17NO2S2/c19-22(20,16-6-3-9-21-16)18-17-14-7-8-15(17)11-13-5-2-1-4-12(13)10-14/h1-6,9-10,15,17-18H,7-8,11H2. The summed E-state index contributed by atoms with van der Waals surface area (Å²) in [6, 6.07) is 11.7. The molecule has 0 spiro atoms. The van der Waals surface area contributed by atoms with Gasteiger partial charge in [0.2, 0.25) is 0 Å². The maximum atomic E-state index is 12.5. The SMILES string of the molecule is O=S(=O)(NC1C2=Cc3ccccc3CC1CC2)c1cccs1. The van der Waals surface area contributed by atoms with Crippen LogP contribution in [0.25, 0.3) is 6.08 Å². The molecule has 0 aliphatic heterocycles. The molecule has 1 aromatic heterocycles. The Bertz CT molecular complexity index is 822. The number of nitrogens with one attached hydrogen (secondary N) is 1. The molecule has 1 fully saturated rings. The van der Waals surface area contributed by atoms with Gasteiger partial charge in [-0.05, 0) is 47.8 Å². The van der Waals surface area contributed by atoms with Gasteiger partial charge in [0.15, 0.2) is 0 Å². The molecule has 1 aromatic carbocycles. The topological polar surface area (TPSA) is 46.2 Å². The monoisotopic (exact) mass is 331 g/mol. The Labute approximate surface area is 134 Å². The van der Waals surface area contributed by atoms with Crippen molar-refractivity contribution in [1.82, 2.24) is 4.72 Å². The lowest BCUT2D eigenvalue weighted by atomic mass is 9.94. The number of rotatable bonds is 3. The lowest BCUT2D eigenvalue weighted by Crippen LogP contribution is -2.38. The number of thiophene rings is 1. The molecule has 2 bridgehead atoms. The number of hydrogen-bond acceptors (Lipinski definition) is 3. The van der Waals surface area contributed by atoms with Crippen LogP contribution in [0.2, 0.25) is 0 Å². The predicted molar refractivity (Wildman–Crippen MR) is 89.3 cm³/mol. The van der Waals surface area contributed by atoms with Crippen molar-refractivity contribution in [2.45, 2.75) is 29.5 Å². The Morgan fingerprint density at radius 1 is 1.14 bits per heavy atom. The first-order valence-electron chi connectivity index (χ1n) is 7.48. The average molecular weight is 331 g/mol. The second-order valence-electron chi connectivity index (χ2n) is 5.95. The van der Waals surface area contributed by atoms with Crippen molar-refractivity contribution in [3.8, 4) is 0 Å². The normalized spacial score (nSPS) is 23.7. The van der Waals surface area contributed by atoms with Crippen molar-refractivity contribution in [1.29, 1.82) is 0 Å². The molecule has 114 valence electrons. The van der Waals surface area contributed by atoms with E-state index >= 15 is 0 Å². The Morgan fingerprint density at radius 3 is 2.82 bits per heavy atom. The Kier molecular flexibility index (Phi) is 3.44. The van der Waals surface area contributed by atoms with E-state index in [0.29, 0.717) is 10.1 Å². The Morgan fingerprint density at radius 2 is 2.00 bits per heavy atom. The minimum absolute atomic E-state index is 0.0699. The van der Waals surface area contributed by atoms with Crippen molar-refractivity contribution in [2.75, 3.05) is 0 Å². The third-order valence-electron chi connectivity index (χ3n) is 4.59. The summed E-state index contributed by atoms with van der Waals surface area (Å²) < 4.78 is 28.4. The van der Waals surface area contributed by atoms with Gasteiger partial charge in [0.1, 0.15) is 4.21 Å². The van der Waals surface area contributed by atoms with E-state index in [0.717, 1.165) is 19.3 Å². The zero-order valence-electron chi connectivity index (χ0n) is 12.0. The van der Waals surface area contributed by atoms with Gasteiger partial charge in [-0.3, -0.25) is 0 Å². The van der Waals surface area contributed by atoms with Gasteiger partial charge in [-0.15, -0.1) is 11.3 Å². The van der Waals surface area contributed by atoms with Crippen LogP contribution in [0.4, 0.5) is 0 Å². The van der Waals surface area contributed by atoms with Gasteiger partial charge in [0, 0.05) is 6.04 Å². The van der Waals surface area contributed by atoms with Crippen molar-refractivity contribution in [3.63, 3.8) is 0 Å². The quantitative estimate of drug-likeness (QED) is 0.936. The van der Waals surface area contributed by atoms with E-state index in [9.17, 15) is 8.42 Å². The molecule has 4 rings (SSSR count). The molecule has 2 unspecified atom stereocenters. The minimum atomic E-state index is -3.42. The second-order valence-corrected chi connectivity index (χ2v) is 8.84. The van der Waals surface area contributed by atoms with Crippen molar-refractivity contribution >= 4 is 27.4 Å². The largest absolute Gasteiger partial charge is 0.250 e. The van der Waals surface area contributed by atoms with Gasteiger partial charge in [-0.1, -0.05) is 42.0 Å². The molecule has 2 aliphatic carbocycles. The van der Waals surface area contributed by atoms with Gasteiger partial charge in [-0.25, -0.2) is 13.1 Å². The molecular weight excluding hydrogens is 314 g/mol. The van der Waals surface area contributed by atoms with E-state index in [2.05, 4.69) is 29.0 Å². The molecule has 1 N–H and O–H groups in total. The van der Waals surface area contributed by atoms with E-state index < -0.39 is 10.0 Å². The van der Waals surface area contributed by atoms with Gasteiger partial charge in [-0.2, -0.15) is 0 Å². The van der Waals surface area contributed by atoms with Crippen LogP contribution < -0.4 is 4.72 Å². The smallest absolute Gasteiger partial charge is 0.206 e. The lowest BCUT2D eigenvalue weighted by Gasteiger charge is -2.20. The summed E-state index contributed by atoms with van der Waals surface area (Å²) in [6.45, 7) is 0. The summed E-state index contributed by atoms with van der Waals surface area (Å²) in [5.74, 6) is 0.352. The molecule has 0 saturated heterocycles. The fourth-order valence-corrected chi connectivity index (χ4v) is 5.83. The summed E-state index contributed by atoms with van der Waals surface area (Å²) >= 11 is 1.26. The Balaban J connectivity index is 1.68. The second kappa shape index (κ2) is 5.33. The summed E-state index contributed by atoms with van der Waals surface area (Å²) in [5.41, 5.74) is 3.78.